The molecule has 2 aromatic carbocycles. The molecule has 2 aromatic rings. The Kier molecular flexibility index (Phi) is 5.79. The lowest BCUT2D eigenvalue weighted by Crippen LogP contribution is -2.23. The van der Waals surface area contributed by atoms with Gasteiger partial charge in [-0.2, -0.15) is 0 Å². The zero-order valence-corrected chi connectivity index (χ0v) is 13.7. The van der Waals surface area contributed by atoms with Crippen molar-refractivity contribution < 1.29 is 4.79 Å². The number of carbonyl (C=O) groups is 1. The van der Waals surface area contributed by atoms with Gasteiger partial charge in [-0.1, -0.05) is 35.9 Å². The quantitative estimate of drug-likeness (QED) is 0.849. The standard InChI is InChI=1S/C16H16BrClN2O/c17-15-6-5-13(18)9-14(15)16(21)20-10-12-3-1-11(2-4-12)7-8-19/h1-6,9H,7-8,10,19H2,(H,20,21). The Hall–Kier alpha value is -1.36. The summed E-state index contributed by atoms with van der Waals surface area (Å²) in [6.07, 6.45) is 0.863. The van der Waals surface area contributed by atoms with Crippen molar-refractivity contribution in [3.63, 3.8) is 0 Å². The molecular weight excluding hydrogens is 352 g/mol. The zero-order chi connectivity index (χ0) is 15.2. The number of benzene rings is 2. The SMILES string of the molecule is NCCc1ccc(CNC(=O)c2cc(Cl)ccc2Br)cc1. The summed E-state index contributed by atoms with van der Waals surface area (Å²) < 4.78 is 0.725. The van der Waals surface area contributed by atoms with Crippen LogP contribution in [0.4, 0.5) is 0 Å². The highest BCUT2D eigenvalue weighted by Gasteiger charge is 2.10. The maximum atomic E-state index is 12.1. The van der Waals surface area contributed by atoms with Gasteiger partial charge in [0.05, 0.1) is 5.56 Å². The maximum Gasteiger partial charge on any atom is 0.252 e. The number of nitrogens with one attached hydrogen (secondary N) is 1. The van der Waals surface area contributed by atoms with Crippen molar-refractivity contribution in [1.82, 2.24) is 5.32 Å². The molecule has 3 nitrogen and oxygen atoms in total. The van der Waals surface area contributed by atoms with E-state index in [1.165, 1.54) is 5.56 Å². The van der Waals surface area contributed by atoms with Crippen LogP contribution in [0.1, 0.15) is 21.5 Å². The van der Waals surface area contributed by atoms with E-state index in [1.54, 1.807) is 18.2 Å². The van der Waals surface area contributed by atoms with Gasteiger partial charge in [0.15, 0.2) is 0 Å². The van der Waals surface area contributed by atoms with Gasteiger partial charge in [-0.05, 0) is 58.2 Å². The normalized spacial score (nSPS) is 10.4. The molecule has 21 heavy (non-hydrogen) atoms. The number of hydrogen-bond acceptors (Lipinski definition) is 2. The number of nitrogens with two attached hydrogens (primary N) is 1. The van der Waals surface area contributed by atoms with Crippen LogP contribution in [0.15, 0.2) is 46.9 Å². The van der Waals surface area contributed by atoms with E-state index in [-0.39, 0.29) is 5.91 Å². The van der Waals surface area contributed by atoms with Crippen LogP contribution in [0.2, 0.25) is 5.02 Å². The Morgan fingerprint density at radius 3 is 2.48 bits per heavy atom. The fourth-order valence-electron chi connectivity index (χ4n) is 1.94. The first-order valence-electron chi connectivity index (χ1n) is 6.61. The minimum atomic E-state index is -0.157. The molecular formula is C16H16BrClN2O. The van der Waals surface area contributed by atoms with E-state index in [4.69, 9.17) is 17.3 Å². The third kappa shape index (κ3) is 4.56. The minimum Gasteiger partial charge on any atom is -0.348 e. The van der Waals surface area contributed by atoms with Gasteiger partial charge in [-0.3, -0.25) is 4.79 Å². The smallest absolute Gasteiger partial charge is 0.252 e. The van der Waals surface area contributed by atoms with E-state index in [0.717, 1.165) is 16.5 Å². The van der Waals surface area contributed by atoms with Crippen molar-refractivity contribution >= 4 is 33.4 Å². The van der Waals surface area contributed by atoms with Gasteiger partial charge in [0.25, 0.3) is 5.91 Å². The minimum absolute atomic E-state index is 0.157. The molecule has 0 unspecified atom stereocenters. The third-order valence-electron chi connectivity index (χ3n) is 3.08. The summed E-state index contributed by atoms with van der Waals surface area (Å²) in [6.45, 7) is 1.11. The topological polar surface area (TPSA) is 55.1 Å². The van der Waals surface area contributed by atoms with Gasteiger partial charge in [-0.15, -0.1) is 0 Å². The molecule has 0 aliphatic heterocycles. The maximum absolute atomic E-state index is 12.1. The number of rotatable bonds is 5. The van der Waals surface area contributed by atoms with Crippen LogP contribution in [-0.2, 0) is 13.0 Å². The molecule has 0 heterocycles. The van der Waals surface area contributed by atoms with Gasteiger partial charge in [-0.25, -0.2) is 0 Å². The second-order valence-corrected chi connectivity index (χ2v) is 5.95. The Morgan fingerprint density at radius 2 is 1.81 bits per heavy atom. The summed E-state index contributed by atoms with van der Waals surface area (Å²) in [5.74, 6) is -0.157. The predicted octanol–water partition coefficient (Wildman–Crippen LogP) is 3.53. The van der Waals surface area contributed by atoms with Crippen molar-refractivity contribution in [1.29, 1.82) is 0 Å². The molecule has 3 N–H and O–H groups in total. The van der Waals surface area contributed by atoms with E-state index >= 15 is 0 Å². The predicted molar refractivity (Wildman–Crippen MR) is 89.5 cm³/mol. The van der Waals surface area contributed by atoms with Gasteiger partial charge < -0.3 is 11.1 Å². The molecule has 0 fully saturated rings. The average Bonchev–Trinajstić information content (AvgIpc) is 2.49. The van der Waals surface area contributed by atoms with Crippen LogP contribution in [0, 0.1) is 0 Å². The van der Waals surface area contributed by atoms with Crippen LogP contribution in [0.5, 0.6) is 0 Å². The van der Waals surface area contributed by atoms with Crippen molar-refractivity contribution in [2.45, 2.75) is 13.0 Å². The van der Waals surface area contributed by atoms with E-state index in [2.05, 4.69) is 21.2 Å². The summed E-state index contributed by atoms with van der Waals surface area (Å²) >= 11 is 9.27. The molecule has 0 saturated heterocycles. The molecule has 1 amide bonds. The summed E-state index contributed by atoms with van der Waals surface area (Å²) in [7, 11) is 0. The van der Waals surface area contributed by atoms with Crippen LogP contribution >= 0.6 is 27.5 Å². The number of amides is 1. The highest BCUT2D eigenvalue weighted by atomic mass is 79.9. The van der Waals surface area contributed by atoms with Crippen molar-refractivity contribution in [3.05, 3.63) is 68.7 Å². The molecule has 2 rings (SSSR count). The van der Waals surface area contributed by atoms with E-state index in [1.807, 2.05) is 24.3 Å². The third-order valence-corrected chi connectivity index (χ3v) is 4.01. The first-order chi connectivity index (χ1) is 10.1. The highest BCUT2D eigenvalue weighted by molar-refractivity contribution is 9.10. The Morgan fingerprint density at radius 1 is 1.14 bits per heavy atom. The van der Waals surface area contributed by atoms with Crippen LogP contribution in [-0.4, -0.2) is 12.5 Å². The lowest BCUT2D eigenvalue weighted by atomic mass is 10.1. The van der Waals surface area contributed by atoms with E-state index < -0.39 is 0 Å². The number of hydrogen-bond donors (Lipinski definition) is 2. The van der Waals surface area contributed by atoms with Crippen LogP contribution in [0.3, 0.4) is 0 Å². The largest absolute Gasteiger partial charge is 0.348 e. The summed E-state index contributed by atoms with van der Waals surface area (Å²) in [5, 5.41) is 3.42. The van der Waals surface area contributed by atoms with Crippen molar-refractivity contribution in [2.24, 2.45) is 5.73 Å². The molecule has 0 aliphatic carbocycles. The van der Waals surface area contributed by atoms with Gasteiger partial charge in [0.2, 0.25) is 0 Å². The fraction of sp³-hybridized carbons (Fsp3) is 0.188. The molecule has 0 radical (unpaired) electrons. The van der Waals surface area contributed by atoms with Gasteiger partial charge >= 0.3 is 0 Å². The van der Waals surface area contributed by atoms with Crippen molar-refractivity contribution in [3.8, 4) is 0 Å². The zero-order valence-electron chi connectivity index (χ0n) is 11.4. The second kappa shape index (κ2) is 7.59. The van der Waals surface area contributed by atoms with Crippen molar-refractivity contribution in [2.75, 3.05) is 6.54 Å². The Balaban J connectivity index is 1.99. The fourth-order valence-corrected chi connectivity index (χ4v) is 2.54. The first-order valence-corrected chi connectivity index (χ1v) is 7.78. The molecule has 0 spiro atoms. The molecule has 0 bridgehead atoms. The molecule has 0 aromatic heterocycles. The lowest BCUT2D eigenvalue weighted by molar-refractivity contribution is 0.0950. The first kappa shape index (κ1) is 16.0. The average molecular weight is 368 g/mol. The lowest BCUT2D eigenvalue weighted by Gasteiger charge is -2.08. The highest BCUT2D eigenvalue weighted by Crippen LogP contribution is 2.21. The van der Waals surface area contributed by atoms with E-state index in [9.17, 15) is 4.79 Å². The molecule has 110 valence electrons. The number of halogens is 2. The monoisotopic (exact) mass is 366 g/mol. The molecule has 0 saturated carbocycles. The number of carbonyl (C=O) groups excluding carboxylic acids is 1. The van der Waals surface area contributed by atoms with Gasteiger partial charge in [0.1, 0.15) is 0 Å². The summed E-state index contributed by atoms with van der Waals surface area (Å²) in [4.78, 5) is 12.1. The molecule has 0 aliphatic rings. The Bertz CT molecular complexity index is 629. The Labute approximate surface area is 137 Å². The second-order valence-electron chi connectivity index (χ2n) is 4.66. The molecule has 5 heteroatoms. The van der Waals surface area contributed by atoms with Gasteiger partial charge in [0, 0.05) is 16.0 Å². The molecule has 0 atom stereocenters. The summed E-state index contributed by atoms with van der Waals surface area (Å²) in [5.41, 5.74) is 8.29. The van der Waals surface area contributed by atoms with E-state index in [0.29, 0.717) is 23.7 Å². The van der Waals surface area contributed by atoms with Crippen LogP contribution in [0.25, 0.3) is 0 Å². The van der Waals surface area contributed by atoms with Crippen LogP contribution < -0.4 is 11.1 Å². The summed E-state index contributed by atoms with van der Waals surface area (Å²) in [6, 6.07) is 13.2.